The third-order valence-corrected chi connectivity index (χ3v) is 2.09. The van der Waals surface area contributed by atoms with Crippen LogP contribution in [0.5, 0.6) is 0 Å². The van der Waals surface area contributed by atoms with E-state index >= 15 is 0 Å². The molecule has 0 amide bonds. The first-order valence-corrected chi connectivity index (χ1v) is 4.71. The van der Waals surface area contributed by atoms with Gasteiger partial charge >= 0.3 is 0 Å². The normalized spacial score (nSPS) is 11.1. The molecule has 1 aromatic heterocycles. The Balaban J connectivity index is 2.41. The standard InChI is InChI=1S/C13H8FNO/c14-12-4-1-3-10(7-12)11(9-15)8-13-5-2-6-16-13/h1-8H/b11-8+. The maximum atomic E-state index is 13.0. The lowest BCUT2D eigenvalue weighted by molar-refractivity contribution is 0.557. The number of rotatable bonds is 2. The van der Waals surface area contributed by atoms with Crippen molar-refractivity contribution in [1.29, 1.82) is 5.26 Å². The zero-order valence-corrected chi connectivity index (χ0v) is 8.35. The minimum Gasteiger partial charge on any atom is -0.465 e. The van der Waals surface area contributed by atoms with Crippen LogP contribution in [0.25, 0.3) is 11.6 Å². The van der Waals surface area contributed by atoms with Crippen molar-refractivity contribution < 1.29 is 8.81 Å². The fraction of sp³-hybridized carbons (Fsp3) is 0. The summed E-state index contributed by atoms with van der Waals surface area (Å²) in [7, 11) is 0. The first kappa shape index (κ1) is 10.2. The van der Waals surface area contributed by atoms with E-state index in [0.717, 1.165) is 0 Å². The number of benzene rings is 1. The zero-order chi connectivity index (χ0) is 11.4. The van der Waals surface area contributed by atoms with Crippen LogP contribution < -0.4 is 0 Å². The molecule has 0 spiro atoms. The lowest BCUT2D eigenvalue weighted by Crippen LogP contribution is -1.83. The van der Waals surface area contributed by atoms with Crippen LogP contribution in [-0.4, -0.2) is 0 Å². The third-order valence-electron chi connectivity index (χ3n) is 2.09. The predicted octanol–water partition coefficient (Wildman–Crippen LogP) is 3.48. The molecular weight excluding hydrogens is 205 g/mol. The molecule has 0 saturated carbocycles. The quantitative estimate of drug-likeness (QED) is 0.716. The van der Waals surface area contributed by atoms with Gasteiger partial charge < -0.3 is 4.42 Å². The van der Waals surface area contributed by atoms with Crippen molar-refractivity contribution in [2.45, 2.75) is 0 Å². The zero-order valence-electron chi connectivity index (χ0n) is 8.35. The highest BCUT2D eigenvalue weighted by atomic mass is 19.1. The van der Waals surface area contributed by atoms with E-state index in [1.165, 1.54) is 18.4 Å². The largest absolute Gasteiger partial charge is 0.465 e. The molecule has 0 saturated heterocycles. The summed E-state index contributed by atoms with van der Waals surface area (Å²) >= 11 is 0. The average Bonchev–Trinajstić information content (AvgIpc) is 2.78. The molecule has 0 aliphatic carbocycles. The van der Waals surface area contributed by atoms with Crippen LogP contribution in [0.15, 0.2) is 47.1 Å². The Morgan fingerprint density at radius 2 is 2.19 bits per heavy atom. The SMILES string of the molecule is N#C/C(=C\c1ccco1)c1cccc(F)c1. The molecule has 0 unspecified atom stereocenters. The van der Waals surface area contributed by atoms with Crippen LogP contribution in [0, 0.1) is 17.1 Å². The first-order valence-electron chi connectivity index (χ1n) is 4.71. The minimum atomic E-state index is -0.363. The highest BCUT2D eigenvalue weighted by Gasteiger charge is 2.03. The third kappa shape index (κ3) is 2.18. The Morgan fingerprint density at radius 1 is 1.31 bits per heavy atom. The topological polar surface area (TPSA) is 36.9 Å². The highest BCUT2D eigenvalue weighted by Crippen LogP contribution is 2.18. The van der Waals surface area contributed by atoms with Crippen molar-refractivity contribution in [2.24, 2.45) is 0 Å². The van der Waals surface area contributed by atoms with E-state index in [1.807, 2.05) is 6.07 Å². The van der Waals surface area contributed by atoms with E-state index in [-0.39, 0.29) is 5.82 Å². The van der Waals surface area contributed by atoms with Crippen LogP contribution in [-0.2, 0) is 0 Å². The molecule has 1 heterocycles. The summed E-state index contributed by atoms with van der Waals surface area (Å²) in [5.74, 6) is 0.207. The van der Waals surface area contributed by atoms with Gasteiger partial charge in [-0.1, -0.05) is 12.1 Å². The molecule has 2 rings (SSSR count). The molecule has 2 nitrogen and oxygen atoms in total. The van der Waals surface area contributed by atoms with Gasteiger partial charge in [0.2, 0.25) is 0 Å². The van der Waals surface area contributed by atoms with Gasteiger partial charge in [0.05, 0.1) is 17.9 Å². The number of furan rings is 1. The summed E-state index contributed by atoms with van der Waals surface area (Å²) in [5, 5.41) is 8.99. The molecule has 0 N–H and O–H groups in total. The van der Waals surface area contributed by atoms with E-state index in [9.17, 15) is 4.39 Å². The fourth-order valence-corrected chi connectivity index (χ4v) is 1.35. The van der Waals surface area contributed by atoms with Crippen LogP contribution in [0.4, 0.5) is 4.39 Å². The molecule has 16 heavy (non-hydrogen) atoms. The maximum absolute atomic E-state index is 13.0. The van der Waals surface area contributed by atoms with Gasteiger partial charge in [-0.05, 0) is 35.9 Å². The molecule has 0 atom stereocenters. The number of nitrogens with zero attached hydrogens (tertiary/aromatic N) is 1. The minimum absolute atomic E-state index is 0.363. The lowest BCUT2D eigenvalue weighted by atomic mass is 10.1. The Hall–Kier alpha value is -2.34. The molecule has 2 aromatic rings. The van der Waals surface area contributed by atoms with Gasteiger partial charge in [-0.2, -0.15) is 5.26 Å². The Kier molecular flexibility index (Phi) is 2.84. The second-order valence-corrected chi connectivity index (χ2v) is 3.20. The van der Waals surface area contributed by atoms with Crippen molar-refractivity contribution in [1.82, 2.24) is 0 Å². The summed E-state index contributed by atoms with van der Waals surface area (Å²) in [6, 6.07) is 11.4. The van der Waals surface area contributed by atoms with Gasteiger partial charge in [0, 0.05) is 0 Å². The molecule has 0 bridgehead atoms. The summed E-state index contributed by atoms with van der Waals surface area (Å²) in [6.07, 6.45) is 3.10. The van der Waals surface area contributed by atoms with Crippen LogP contribution >= 0.6 is 0 Å². The molecule has 3 heteroatoms. The number of nitriles is 1. The monoisotopic (exact) mass is 213 g/mol. The summed E-state index contributed by atoms with van der Waals surface area (Å²) < 4.78 is 18.1. The first-order chi connectivity index (χ1) is 7.79. The van der Waals surface area contributed by atoms with Gasteiger partial charge in [0.25, 0.3) is 0 Å². The van der Waals surface area contributed by atoms with Crippen LogP contribution in [0.3, 0.4) is 0 Å². The number of hydrogen-bond donors (Lipinski definition) is 0. The van der Waals surface area contributed by atoms with Gasteiger partial charge in [-0.15, -0.1) is 0 Å². The summed E-state index contributed by atoms with van der Waals surface area (Å²) in [4.78, 5) is 0. The molecule has 1 aromatic carbocycles. The van der Waals surface area contributed by atoms with Crippen molar-refractivity contribution in [3.63, 3.8) is 0 Å². The van der Waals surface area contributed by atoms with Crippen LogP contribution in [0.1, 0.15) is 11.3 Å². The number of allylic oxidation sites excluding steroid dienone is 1. The van der Waals surface area contributed by atoms with Crippen molar-refractivity contribution >= 4 is 11.6 Å². The Morgan fingerprint density at radius 3 is 2.81 bits per heavy atom. The van der Waals surface area contributed by atoms with Gasteiger partial charge in [0.15, 0.2) is 0 Å². The average molecular weight is 213 g/mol. The Labute approximate surface area is 92.2 Å². The van der Waals surface area contributed by atoms with E-state index < -0.39 is 0 Å². The van der Waals surface area contributed by atoms with Gasteiger partial charge in [0.1, 0.15) is 11.6 Å². The van der Waals surface area contributed by atoms with E-state index in [1.54, 1.807) is 30.3 Å². The predicted molar refractivity (Wildman–Crippen MR) is 58.6 cm³/mol. The van der Waals surface area contributed by atoms with Crippen molar-refractivity contribution in [3.05, 3.63) is 59.8 Å². The van der Waals surface area contributed by atoms with E-state index in [2.05, 4.69) is 0 Å². The van der Waals surface area contributed by atoms with Crippen LogP contribution in [0.2, 0.25) is 0 Å². The fourth-order valence-electron chi connectivity index (χ4n) is 1.35. The summed E-state index contributed by atoms with van der Waals surface area (Å²) in [6.45, 7) is 0. The molecule has 0 radical (unpaired) electrons. The van der Waals surface area contributed by atoms with Gasteiger partial charge in [-0.25, -0.2) is 4.39 Å². The highest BCUT2D eigenvalue weighted by molar-refractivity contribution is 5.88. The lowest BCUT2D eigenvalue weighted by Gasteiger charge is -1.98. The molecule has 0 fully saturated rings. The van der Waals surface area contributed by atoms with Gasteiger partial charge in [-0.3, -0.25) is 0 Å². The molecule has 0 aliphatic rings. The van der Waals surface area contributed by atoms with E-state index in [4.69, 9.17) is 9.68 Å². The van der Waals surface area contributed by atoms with Crippen molar-refractivity contribution in [3.8, 4) is 6.07 Å². The maximum Gasteiger partial charge on any atom is 0.127 e. The number of hydrogen-bond acceptors (Lipinski definition) is 2. The second kappa shape index (κ2) is 4.45. The van der Waals surface area contributed by atoms with E-state index in [0.29, 0.717) is 16.9 Å². The smallest absolute Gasteiger partial charge is 0.127 e. The molecule has 0 aliphatic heterocycles. The molecular formula is C13H8FNO. The Bertz CT molecular complexity index is 550. The van der Waals surface area contributed by atoms with Crippen molar-refractivity contribution in [2.75, 3.05) is 0 Å². The second-order valence-electron chi connectivity index (χ2n) is 3.20. The number of halogens is 1. The molecule has 78 valence electrons. The summed E-state index contributed by atoms with van der Waals surface area (Å²) in [5.41, 5.74) is 0.911.